The van der Waals surface area contributed by atoms with Crippen LogP contribution >= 0.6 is 0 Å². The average molecular weight is 216 g/mol. The van der Waals surface area contributed by atoms with Gasteiger partial charge >= 0.3 is 5.97 Å². The molecule has 82 valence electrons. The number of aliphatic carboxylic acids is 1. The van der Waals surface area contributed by atoms with Crippen LogP contribution in [0.3, 0.4) is 0 Å². The lowest BCUT2D eigenvalue weighted by atomic mass is 10.1. The number of fused-ring (bicyclic) bond motifs is 1. The minimum absolute atomic E-state index is 0.410. The second-order valence-corrected chi connectivity index (χ2v) is 3.79. The van der Waals surface area contributed by atoms with E-state index in [1.807, 2.05) is 24.3 Å². The van der Waals surface area contributed by atoms with Crippen molar-refractivity contribution in [2.75, 3.05) is 0 Å². The van der Waals surface area contributed by atoms with E-state index in [-0.39, 0.29) is 0 Å². The van der Waals surface area contributed by atoms with Crippen molar-refractivity contribution in [2.24, 2.45) is 5.92 Å². The largest absolute Gasteiger partial charge is 0.481 e. The van der Waals surface area contributed by atoms with Crippen molar-refractivity contribution in [3.05, 3.63) is 36.2 Å². The summed E-state index contributed by atoms with van der Waals surface area (Å²) in [6, 6.07) is 7.54. The van der Waals surface area contributed by atoms with Crippen LogP contribution in [-0.4, -0.2) is 21.0 Å². The molecule has 0 aliphatic carbocycles. The molecule has 0 bridgehead atoms. The van der Waals surface area contributed by atoms with Crippen LogP contribution in [0.2, 0.25) is 0 Å². The van der Waals surface area contributed by atoms with Crippen LogP contribution in [0.15, 0.2) is 30.5 Å². The third-order valence-electron chi connectivity index (χ3n) is 2.44. The first-order chi connectivity index (χ1) is 7.66. The maximum absolute atomic E-state index is 10.7. The number of para-hydroxylation sites is 2. The van der Waals surface area contributed by atoms with Crippen molar-refractivity contribution in [3.8, 4) is 0 Å². The fourth-order valence-corrected chi connectivity index (χ4v) is 1.49. The maximum atomic E-state index is 10.7. The molecule has 0 fully saturated rings. The predicted octanol–water partition coefficient (Wildman–Crippen LogP) is 1.89. The highest BCUT2D eigenvalue weighted by Crippen LogP contribution is 2.11. The molecule has 1 aromatic carbocycles. The van der Waals surface area contributed by atoms with Crippen molar-refractivity contribution >= 4 is 17.0 Å². The van der Waals surface area contributed by atoms with Crippen molar-refractivity contribution in [1.82, 2.24) is 9.97 Å². The van der Waals surface area contributed by atoms with Gasteiger partial charge < -0.3 is 5.11 Å². The lowest BCUT2D eigenvalue weighted by Gasteiger charge is -2.05. The Morgan fingerprint density at radius 1 is 1.38 bits per heavy atom. The number of aromatic nitrogens is 2. The molecule has 1 aromatic heterocycles. The van der Waals surface area contributed by atoms with Gasteiger partial charge in [-0.3, -0.25) is 9.78 Å². The molecule has 4 nitrogen and oxygen atoms in total. The van der Waals surface area contributed by atoms with Gasteiger partial charge in [0.1, 0.15) is 0 Å². The van der Waals surface area contributed by atoms with E-state index in [0.717, 1.165) is 11.0 Å². The molecule has 1 atom stereocenters. The highest BCUT2D eigenvalue weighted by atomic mass is 16.4. The minimum atomic E-state index is -0.810. The Morgan fingerprint density at radius 2 is 2.06 bits per heavy atom. The summed E-state index contributed by atoms with van der Waals surface area (Å²) < 4.78 is 0. The molecule has 0 saturated heterocycles. The normalized spacial score (nSPS) is 12.6. The van der Waals surface area contributed by atoms with Crippen LogP contribution in [0.25, 0.3) is 11.0 Å². The van der Waals surface area contributed by atoms with Gasteiger partial charge in [0.05, 0.1) is 22.6 Å². The summed E-state index contributed by atoms with van der Waals surface area (Å²) in [5, 5.41) is 8.81. The number of hydrogen-bond acceptors (Lipinski definition) is 3. The molecule has 0 saturated carbocycles. The molecule has 0 unspecified atom stereocenters. The molecule has 1 N–H and O–H groups in total. The van der Waals surface area contributed by atoms with Gasteiger partial charge in [-0.2, -0.15) is 0 Å². The third-order valence-corrected chi connectivity index (χ3v) is 2.44. The molecule has 1 heterocycles. The van der Waals surface area contributed by atoms with E-state index < -0.39 is 11.9 Å². The fourth-order valence-electron chi connectivity index (χ4n) is 1.49. The molecule has 0 aliphatic heterocycles. The standard InChI is InChI=1S/C12H12N2O2/c1-8(12(15)16)6-9-7-13-10-4-2-3-5-11(10)14-9/h2-5,7-8H,6H2,1H3,(H,15,16)/t8-/m0/s1. The SMILES string of the molecule is C[C@@H](Cc1cnc2ccccc2n1)C(=O)O. The smallest absolute Gasteiger partial charge is 0.306 e. The van der Waals surface area contributed by atoms with E-state index >= 15 is 0 Å². The van der Waals surface area contributed by atoms with Crippen LogP contribution in [0, 0.1) is 5.92 Å². The summed E-state index contributed by atoms with van der Waals surface area (Å²) in [6.07, 6.45) is 2.05. The summed E-state index contributed by atoms with van der Waals surface area (Å²) in [4.78, 5) is 19.3. The van der Waals surface area contributed by atoms with Gasteiger partial charge in [0.15, 0.2) is 0 Å². The zero-order valence-corrected chi connectivity index (χ0v) is 8.92. The van der Waals surface area contributed by atoms with Crippen LogP contribution in [0.5, 0.6) is 0 Å². The fraction of sp³-hybridized carbons (Fsp3) is 0.250. The highest BCUT2D eigenvalue weighted by Gasteiger charge is 2.12. The van der Waals surface area contributed by atoms with Gasteiger partial charge in [0.2, 0.25) is 0 Å². The molecule has 2 aromatic rings. The van der Waals surface area contributed by atoms with E-state index in [2.05, 4.69) is 9.97 Å². The predicted molar refractivity (Wildman–Crippen MR) is 60.0 cm³/mol. The molecule has 2 rings (SSSR count). The first kappa shape index (κ1) is 10.5. The Labute approximate surface area is 93.0 Å². The summed E-state index contributed by atoms with van der Waals surface area (Å²) >= 11 is 0. The summed E-state index contributed by atoms with van der Waals surface area (Å²) in [6.45, 7) is 1.67. The Balaban J connectivity index is 2.29. The van der Waals surface area contributed by atoms with Crippen LogP contribution in [0.4, 0.5) is 0 Å². The van der Waals surface area contributed by atoms with Gasteiger partial charge in [0.25, 0.3) is 0 Å². The zero-order valence-electron chi connectivity index (χ0n) is 8.92. The maximum Gasteiger partial charge on any atom is 0.306 e. The Bertz CT molecular complexity index is 525. The first-order valence-corrected chi connectivity index (χ1v) is 5.10. The molecule has 16 heavy (non-hydrogen) atoms. The summed E-state index contributed by atoms with van der Waals surface area (Å²) in [7, 11) is 0. The van der Waals surface area contributed by atoms with Gasteiger partial charge in [-0.25, -0.2) is 4.98 Å². The molecular weight excluding hydrogens is 204 g/mol. The van der Waals surface area contributed by atoms with E-state index in [1.165, 1.54) is 0 Å². The quantitative estimate of drug-likeness (QED) is 0.851. The molecular formula is C12H12N2O2. The zero-order chi connectivity index (χ0) is 11.5. The monoisotopic (exact) mass is 216 g/mol. The van der Waals surface area contributed by atoms with Gasteiger partial charge in [0, 0.05) is 12.6 Å². The number of rotatable bonds is 3. The number of nitrogens with zero attached hydrogens (tertiary/aromatic N) is 2. The topological polar surface area (TPSA) is 63.1 Å². The van der Waals surface area contributed by atoms with Gasteiger partial charge in [-0.1, -0.05) is 19.1 Å². The molecule has 0 amide bonds. The van der Waals surface area contributed by atoms with E-state index in [1.54, 1.807) is 13.1 Å². The van der Waals surface area contributed by atoms with Gasteiger partial charge in [-0.05, 0) is 12.1 Å². The minimum Gasteiger partial charge on any atom is -0.481 e. The number of carbonyl (C=O) groups is 1. The van der Waals surface area contributed by atoms with Crippen LogP contribution in [0.1, 0.15) is 12.6 Å². The number of benzene rings is 1. The number of hydrogen-bond donors (Lipinski definition) is 1. The van der Waals surface area contributed by atoms with Crippen LogP contribution in [-0.2, 0) is 11.2 Å². The Kier molecular flexibility index (Phi) is 2.81. The number of carboxylic acid groups (broad SMARTS) is 1. The van der Waals surface area contributed by atoms with Crippen molar-refractivity contribution in [3.63, 3.8) is 0 Å². The summed E-state index contributed by atoms with van der Waals surface area (Å²) in [5.74, 6) is -1.24. The van der Waals surface area contributed by atoms with Crippen molar-refractivity contribution < 1.29 is 9.90 Å². The first-order valence-electron chi connectivity index (χ1n) is 5.10. The van der Waals surface area contributed by atoms with E-state index in [4.69, 9.17) is 5.11 Å². The number of carboxylic acids is 1. The Hall–Kier alpha value is -1.97. The lowest BCUT2D eigenvalue weighted by Crippen LogP contribution is -2.13. The summed E-state index contributed by atoms with van der Waals surface area (Å²) in [5.41, 5.74) is 2.35. The third kappa shape index (κ3) is 2.16. The van der Waals surface area contributed by atoms with Crippen molar-refractivity contribution in [1.29, 1.82) is 0 Å². The molecule has 0 radical (unpaired) electrons. The van der Waals surface area contributed by atoms with E-state index in [9.17, 15) is 4.79 Å². The Morgan fingerprint density at radius 3 is 2.75 bits per heavy atom. The van der Waals surface area contributed by atoms with Crippen LogP contribution < -0.4 is 0 Å². The van der Waals surface area contributed by atoms with Gasteiger partial charge in [-0.15, -0.1) is 0 Å². The van der Waals surface area contributed by atoms with Crippen molar-refractivity contribution in [2.45, 2.75) is 13.3 Å². The van der Waals surface area contributed by atoms with E-state index in [0.29, 0.717) is 12.1 Å². The highest BCUT2D eigenvalue weighted by molar-refractivity contribution is 5.74. The molecule has 0 spiro atoms. The lowest BCUT2D eigenvalue weighted by molar-refractivity contribution is -0.141. The molecule has 4 heteroatoms. The molecule has 0 aliphatic rings. The second kappa shape index (κ2) is 4.26. The second-order valence-electron chi connectivity index (χ2n) is 3.79. The average Bonchev–Trinajstić information content (AvgIpc) is 2.28.